The number of nitrogens with zero attached hydrogens (tertiary/aromatic N) is 1. The highest BCUT2D eigenvalue weighted by Crippen LogP contribution is 2.20. The van der Waals surface area contributed by atoms with E-state index in [0.717, 1.165) is 5.69 Å². The lowest BCUT2D eigenvalue weighted by Gasteiger charge is -2.10. The molecule has 0 atom stereocenters. The summed E-state index contributed by atoms with van der Waals surface area (Å²) in [6.45, 7) is 1.45. The van der Waals surface area contributed by atoms with E-state index in [4.69, 9.17) is 11.6 Å². The lowest BCUT2D eigenvalue weighted by atomic mass is 10.2. The predicted octanol–water partition coefficient (Wildman–Crippen LogP) is 4.69. The summed E-state index contributed by atoms with van der Waals surface area (Å²) in [7, 11) is 0. The van der Waals surface area contributed by atoms with Crippen molar-refractivity contribution in [3.05, 3.63) is 77.4 Å². The average Bonchev–Trinajstić information content (AvgIpc) is 2.62. The maximum atomic E-state index is 12.4. The Bertz CT molecular complexity index is 991. The third kappa shape index (κ3) is 5.29. The van der Waals surface area contributed by atoms with Crippen molar-refractivity contribution < 1.29 is 9.59 Å². The van der Waals surface area contributed by atoms with E-state index in [1.54, 1.807) is 54.7 Å². The van der Waals surface area contributed by atoms with Crippen LogP contribution in [-0.2, 0) is 4.79 Å². The number of rotatable bonds is 5. The van der Waals surface area contributed by atoms with Crippen LogP contribution in [0.2, 0.25) is 5.02 Å². The van der Waals surface area contributed by atoms with Crippen molar-refractivity contribution in [1.29, 1.82) is 0 Å². The van der Waals surface area contributed by atoms with Crippen LogP contribution in [0.1, 0.15) is 17.3 Å². The van der Waals surface area contributed by atoms with Crippen LogP contribution in [0.3, 0.4) is 0 Å². The molecular formula is C20H17ClN4O2. The van der Waals surface area contributed by atoms with Gasteiger partial charge in [0, 0.05) is 40.8 Å². The van der Waals surface area contributed by atoms with Crippen LogP contribution < -0.4 is 16.0 Å². The van der Waals surface area contributed by atoms with Crippen molar-refractivity contribution in [2.75, 3.05) is 16.0 Å². The molecule has 136 valence electrons. The standard InChI is InChI=1S/C20H17ClN4O2/c1-13(26)23-17-6-3-7-18(12-17)24-19-10-14(8-9-22-19)20(27)25-16-5-2-4-15(21)11-16/h2-12H,1H3,(H,22,24)(H,23,26)(H,25,27). The van der Waals surface area contributed by atoms with Crippen molar-refractivity contribution in [2.45, 2.75) is 6.92 Å². The van der Waals surface area contributed by atoms with Crippen LogP contribution in [-0.4, -0.2) is 16.8 Å². The Morgan fingerprint density at radius 3 is 2.33 bits per heavy atom. The monoisotopic (exact) mass is 380 g/mol. The number of halogens is 1. The third-order valence-electron chi connectivity index (χ3n) is 3.56. The minimum Gasteiger partial charge on any atom is -0.340 e. The molecule has 2 amide bonds. The highest BCUT2D eigenvalue weighted by atomic mass is 35.5. The van der Waals surface area contributed by atoms with Gasteiger partial charge in [-0.25, -0.2) is 4.98 Å². The Morgan fingerprint density at radius 2 is 1.59 bits per heavy atom. The molecule has 3 N–H and O–H groups in total. The zero-order valence-corrected chi connectivity index (χ0v) is 15.2. The molecule has 0 bridgehead atoms. The maximum absolute atomic E-state index is 12.4. The number of carbonyl (C=O) groups excluding carboxylic acids is 2. The molecule has 0 spiro atoms. The molecule has 0 saturated carbocycles. The summed E-state index contributed by atoms with van der Waals surface area (Å²) in [5, 5.41) is 9.18. The van der Waals surface area contributed by atoms with Crippen LogP contribution in [0.15, 0.2) is 66.9 Å². The van der Waals surface area contributed by atoms with E-state index in [0.29, 0.717) is 27.8 Å². The SMILES string of the molecule is CC(=O)Nc1cccc(Nc2cc(C(=O)Nc3cccc(Cl)c3)ccn2)c1. The number of carbonyl (C=O) groups is 2. The second kappa shape index (κ2) is 8.33. The van der Waals surface area contributed by atoms with Crippen molar-refractivity contribution in [3.8, 4) is 0 Å². The smallest absolute Gasteiger partial charge is 0.255 e. The first kappa shape index (κ1) is 18.4. The van der Waals surface area contributed by atoms with Gasteiger partial charge < -0.3 is 16.0 Å². The molecule has 0 unspecified atom stereocenters. The van der Waals surface area contributed by atoms with Crippen molar-refractivity contribution in [1.82, 2.24) is 4.98 Å². The summed E-state index contributed by atoms with van der Waals surface area (Å²) in [5.41, 5.74) is 2.47. The van der Waals surface area contributed by atoms with E-state index in [1.165, 1.54) is 6.92 Å². The molecule has 27 heavy (non-hydrogen) atoms. The molecule has 3 rings (SSSR count). The molecule has 2 aromatic carbocycles. The predicted molar refractivity (Wildman–Crippen MR) is 108 cm³/mol. The van der Waals surface area contributed by atoms with E-state index in [-0.39, 0.29) is 11.8 Å². The highest BCUT2D eigenvalue weighted by molar-refractivity contribution is 6.31. The topological polar surface area (TPSA) is 83.1 Å². The van der Waals surface area contributed by atoms with Crippen LogP contribution in [0, 0.1) is 0 Å². The first-order chi connectivity index (χ1) is 13.0. The minimum absolute atomic E-state index is 0.148. The quantitative estimate of drug-likeness (QED) is 0.599. The molecule has 1 heterocycles. The molecule has 0 aliphatic rings. The lowest BCUT2D eigenvalue weighted by Crippen LogP contribution is -2.12. The minimum atomic E-state index is -0.269. The van der Waals surface area contributed by atoms with E-state index in [9.17, 15) is 9.59 Å². The molecule has 0 aliphatic carbocycles. The van der Waals surface area contributed by atoms with Crippen LogP contribution >= 0.6 is 11.6 Å². The van der Waals surface area contributed by atoms with Crippen LogP contribution in [0.4, 0.5) is 22.9 Å². The van der Waals surface area contributed by atoms with Gasteiger partial charge in [0.2, 0.25) is 5.91 Å². The first-order valence-electron chi connectivity index (χ1n) is 8.17. The van der Waals surface area contributed by atoms with Crippen molar-refractivity contribution >= 4 is 46.3 Å². The van der Waals surface area contributed by atoms with Gasteiger partial charge in [0.05, 0.1) is 0 Å². The van der Waals surface area contributed by atoms with Gasteiger partial charge in [-0.1, -0.05) is 23.7 Å². The van der Waals surface area contributed by atoms with Crippen LogP contribution in [0.5, 0.6) is 0 Å². The molecule has 0 radical (unpaired) electrons. The van der Waals surface area contributed by atoms with Gasteiger partial charge in [-0.2, -0.15) is 0 Å². The summed E-state index contributed by atoms with van der Waals surface area (Å²) < 4.78 is 0. The molecule has 0 fully saturated rings. The van der Waals surface area contributed by atoms with E-state index < -0.39 is 0 Å². The largest absolute Gasteiger partial charge is 0.340 e. The second-order valence-corrected chi connectivity index (χ2v) is 6.22. The molecule has 3 aromatic rings. The summed E-state index contributed by atoms with van der Waals surface area (Å²) in [6, 6.07) is 17.4. The number of benzene rings is 2. The zero-order chi connectivity index (χ0) is 19.2. The van der Waals surface area contributed by atoms with E-state index in [2.05, 4.69) is 20.9 Å². The van der Waals surface area contributed by atoms with Gasteiger partial charge in [-0.15, -0.1) is 0 Å². The molecule has 0 aliphatic heterocycles. The first-order valence-corrected chi connectivity index (χ1v) is 8.55. The highest BCUT2D eigenvalue weighted by Gasteiger charge is 2.08. The third-order valence-corrected chi connectivity index (χ3v) is 3.80. The van der Waals surface area contributed by atoms with Crippen molar-refractivity contribution in [2.24, 2.45) is 0 Å². The molecule has 6 nitrogen and oxygen atoms in total. The van der Waals surface area contributed by atoms with Gasteiger partial charge >= 0.3 is 0 Å². The average molecular weight is 381 g/mol. The number of pyridine rings is 1. The van der Waals surface area contributed by atoms with Crippen LogP contribution in [0.25, 0.3) is 0 Å². The fraction of sp³-hybridized carbons (Fsp3) is 0.0500. The summed E-state index contributed by atoms with van der Waals surface area (Å²) >= 11 is 5.94. The van der Waals surface area contributed by atoms with Gasteiger partial charge in [0.15, 0.2) is 0 Å². The normalized spacial score (nSPS) is 10.1. The second-order valence-electron chi connectivity index (χ2n) is 5.78. The maximum Gasteiger partial charge on any atom is 0.255 e. The zero-order valence-electron chi connectivity index (χ0n) is 14.5. The Hall–Kier alpha value is -3.38. The van der Waals surface area contributed by atoms with E-state index >= 15 is 0 Å². The van der Waals surface area contributed by atoms with Gasteiger partial charge in [0.25, 0.3) is 5.91 Å². The van der Waals surface area contributed by atoms with Gasteiger partial charge in [-0.05, 0) is 48.5 Å². The van der Waals surface area contributed by atoms with Gasteiger partial charge in [0.1, 0.15) is 5.82 Å². The molecule has 7 heteroatoms. The van der Waals surface area contributed by atoms with Crippen molar-refractivity contribution in [3.63, 3.8) is 0 Å². The Labute approximate surface area is 161 Å². The fourth-order valence-corrected chi connectivity index (χ4v) is 2.63. The molecule has 1 aromatic heterocycles. The molecular weight excluding hydrogens is 364 g/mol. The number of aromatic nitrogens is 1. The Morgan fingerprint density at radius 1 is 0.889 bits per heavy atom. The summed E-state index contributed by atoms with van der Waals surface area (Å²) in [6.07, 6.45) is 1.55. The lowest BCUT2D eigenvalue weighted by molar-refractivity contribution is -0.114. The van der Waals surface area contributed by atoms with E-state index in [1.807, 2.05) is 12.1 Å². The number of nitrogens with one attached hydrogen (secondary N) is 3. The number of hydrogen-bond acceptors (Lipinski definition) is 4. The number of hydrogen-bond donors (Lipinski definition) is 3. The Kier molecular flexibility index (Phi) is 5.68. The number of amides is 2. The summed E-state index contributed by atoms with van der Waals surface area (Å²) in [5.74, 6) is 0.0911. The number of anilines is 4. The Balaban J connectivity index is 1.73. The summed E-state index contributed by atoms with van der Waals surface area (Å²) in [4.78, 5) is 27.9. The fourth-order valence-electron chi connectivity index (χ4n) is 2.44. The molecule has 0 saturated heterocycles. The van der Waals surface area contributed by atoms with Gasteiger partial charge in [-0.3, -0.25) is 9.59 Å².